The van der Waals surface area contributed by atoms with Gasteiger partial charge in [0.2, 0.25) is 0 Å². The number of benzene rings is 1. The van der Waals surface area contributed by atoms with Crippen molar-refractivity contribution >= 4 is 38.9 Å². The summed E-state index contributed by atoms with van der Waals surface area (Å²) in [4.78, 5) is 12.3. The second-order valence-electron chi connectivity index (χ2n) is 3.63. The molecule has 1 aromatic heterocycles. The molecular weight excluding hydrogens is 359 g/mol. The SMILES string of the molecule is O=C(Nc1cccc(OC(F)(F)F)c1)c1ccc(Br)s1. The molecule has 2 rings (SSSR count). The maximum atomic E-state index is 12.1. The zero-order valence-electron chi connectivity index (χ0n) is 9.70. The summed E-state index contributed by atoms with van der Waals surface area (Å²) < 4.78 is 40.8. The molecule has 0 saturated heterocycles. The minimum Gasteiger partial charge on any atom is -0.406 e. The van der Waals surface area contributed by atoms with Crippen molar-refractivity contribution in [2.45, 2.75) is 6.36 Å². The molecular formula is C12H7BrF3NO2S. The van der Waals surface area contributed by atoms with E-state index in [2.05, 4.69) is 26.0 Å². The summed E-state index contributed by atoms with van der Waals surface area (Å²) in [5.41, 5.74) is 0.223. The number of carbonyl (C=O) groups excluding carboxylic acids is 1. The van der Waals surface area contributed by atoms with Gasteiger partial charge in [-0.3, -0.25) is 4.79 Å². The molecule has 2 aromatic rings. The molecule has 0 spiro atoms. The van der Waals surface area contributed by atoms with Crippen LogP contribution in [0.1, 0.15) is 9.67 Å². The highest BCUT2D eigenvalue weighted by molar-refractivity contribution is 9.11. The average Bonchev–Trinajstić information content (AvgIpc) is 2.74. The molecule has 1 aromatic carbocycles. The van der Waals surface area contributed by atoms with Gasteiger partial charge in [-0.15, -0.1) is 24.5 Å². The van der Waals surface area contributed by atoms with E-state index in [-0.39, 0.29) is 11.4 Å². The number of anilines is 1. The fourth-order valence-electron chi connectivity index (χ4n) is 1.40. The Bertz CT molecular complexity index is 627. The number of amides is 1. The fraction of sp³-hybridized carbons (Fsp3) is 0.0833. The first kappa shape index (κ1) is 14.9. The molecule has 0 atom stereocenters. The molecule has 8 heteroatoms. The van der Waals surface area contributed by atoms with Crippen molar-refractivity contribution in [3.63, 3.8) is 0 Å². The summed E-state index contributed by atoms with van der Waals surface area (Å²) in [6, 6.07) is 8.42. The van der Waals surface area contributed by atoms with Gasteiger partial charge in [0.05, 0.1) is 8.66 Å². The van der Waals surface area contributed by atoms with Gasteiger partial charge in [0.25, 0.3) is 5.91 Å². The maximum Gasteiger partial charge on any atom is 0.573 e. The van der Waals surface area contributed by atoms with E-state index in [0.717, 1.165) is 15.9 Å². The Morgan fingerprint density at radius 1 is 1.25 bits per heavy atom. The predicted molar refractivity (Wildman–Crippen MR) is 73.1 cm³/mol. The normalized spacial score (nSPS) is 11.2. The van der Waals surface area contributed by atoms with Gasteiger partial charge in [-0.25, -0.2) is 0 Å². The summed E-state index contributed by atoms with van der Waals surface area (Å²) in [5, 5.41) is 2.50. The monoisotopic (exact) mass is 365 g/mol. The van der Waals surface area contributed by atoms with Gasteiger partial charge in [0, 0.05) is 11.8 Å². The number of hydrogen-bond donors (Lipinski definition) is 1. The number of nitrogens with one attached hydrogen (secondary N) is 1. The van der Waals surface area contributed by atoms with E-state index in [1.165, 1.54) is 23.5 Å². The van der Waals surface area contributed by atoms with Crippen molar-refractivity contribution in [1.82, 2.24) is 0 Å². The third-order valence-electron chi connectivity index (χ3n) is 2.12. The first-order valence-electron chi connectivity index (χ1n) is 5.26. The Labute approximate surface area is 124 Å². The average molecular weight is 366 g/mol. The van der Waals surface area contributed by atoms with E-state index in [1.807, 2.05) is 0 Å². The van der Waals surface area contributed by atoms with Crippen LogP contribution in [0.4, 0.5) is 18.9 Å². The molecule has 1 N–H and O–H groups in total. The highest BCUT2D eigenvalue weighted by atomic mass is 79.9. The van der Waals surface area contributed by atoms with Crippen LogP contribution in [-0.4, -0.2) is 12.3 Å². The van der Waals surface area contributed by atoms with Gasteiger partial charge in [-0.2, -0.15) is 0 Å². The third-order valence-corrected chi connectivity index (χ3v) is 3.74. The topological polar surface area (TPSA) is 38.3 Å². The number of hydrogen-bond acceptors (Lipinski definition) is 3. The van der Waals surface area contributed by atoms with Gasteiger partial charge in [0.1, 0.15) is 5.75 Å². The van der Waals surface area contributed by atoms with Crippen molar-refractivity contribution in [2.75, 3.05) is 5.32 Å². The minimum atomic E-state index is -4.76. The van der Waals surface area contributed by atoms with E-state index < -0.39 is 12.3 Å². The summed E-state index contributed by atoms with van der Waals surface area (Å²) in [5.74, 6) is -0.785. The highest BCUT2D eigenvalue weighted by Gasteiger charge is 2.31. The number of halogens is 4. The van der Waals surface area contributed by atoms with E-state index in [9.17, 15) is 18.0 Å². The molecule has 20 heavy (non-hydrogen) atoms. The Morgan fingerprint density at radius 2 is 2.00 bits per heavy atom. The van der Waals surface area contributed by atoms with Crippen LogP contribution in [0.5, 0.6) is 5.75 Å². The van der Waals surface area contributed by atoms with Crippen molar-refractivity contribution in [3.8, 4) is 5.75 Å². The smallest absolute Gasteiger partial charge is 0.406 e. The van der Waals surface area contributed by atoms with Gasteiger partial charge in [-0.05, 0) is 40.2 Å². The van der Waals surface area contributed by atoms with Crippen molar-refractivity contribution in [1.29, 1.82) is 0 Å². The zero-order chi connectivity index (χ0) is 14.8. The fourth-order valence-corrected chi connectivity index (χ4v) is 2.68. The summed E-state index contributed by atoms with van der Waals surface area (Å²) in [6.07, 6.45) is -4.76. The summed E-state index contributed by atoms with van der Waals surface area (Å²) in [7, 11) is 0. The molecule has 106 valence electrons. The quantitative estimate of drug-likeness (QED) is 0.858. The molecule has 1 amide bonds. The van der Waals surface area contributed by atoms with Crippen LogP contribution < -0.4 is 10.1 Å². The van der Waals surface area contributed by atoms with Crippen LogP contribution in [0.2, 0.25) is 0 Å². The molecule has 0 fully saturated rings. The Balaban J connectivity index is 2.10. The van der Waals surface area contributed by atoms with Crippen LogP contribution in [0.3, 0.4) is 0 Å². The van der Waals surface area contributed by atoms with Crippen molar-refractivity contribution < 1.29 is 22.7 Å². The molecule has 0 aliphatic heterocycles. The van der Waals surface area contributed by atoms with E-state index >= 15 is 0 Å². The Hall–Kier alpha value is -1.54. The van der Waals surface area contributed by atoms with Gasteiger partial charge >= 0.3 is 6.36 Å². The van der Waals surface area contributed by atoms with E-state index in [4.69, 9.17) is 0 Å². The van der Waals surface area contributed by atoms with Crippen molar-refractivity contribution in [2.24, 2.45) is 0 Å². The van der Waals surface area contributed by atoms with E-state index in [1.54, 1.807) is 12.1 Å². The minimum absolute atomic E-state index is 0.223. The van der Waals surface area contributed by atoms with Crippen LogP contribution in [0.15, 0.2) is 40.2 Å². The lowest BCUT2D eigenvalue weighted by Gasteiger charge is -2.10. The second-order valence-corrected chi connectivity index (χ2v) is 6.10. The summed E-state index contributed by atoms with van der Waals surface area (Å²) >= 11 is 4.45. The van der Waals surface area contributed by atoms with Crippen LogP contribution >= 0.6 is 27.3 Å². The predicted octanol–water partition coefficient (Wildman–Crippen LogP) is 4.66. The first-order chi connectivity index (χ1) is 9.33. The lowest BCUT2D eigenvalue weighted by atomic mass is 10.3. The molecule has 1 heterocycles. The van der Waals surface area contributed by atoms with Gasteiger partial charge < -0.3 is 10.1 Å². The maximum absolute atomic E-state index is 12.1. The number of alkyl halides is 3. The lowest BCUT2D eigenvalue weighted by Crippen LogP contribution is -2.17. The standard InChI is InChI=1S/C12H7BrF3NO2S/c13-10-5-4-9(20-10)11(18)17-7-2-1-3-8(6-7)19-12(14,15)16/h1-6H,(H,17,18). The molecule has 0 aliphatic carbocycles. The van der Waals surface area contributed by atoms with Crippen LogP contribution in [0, 0.1) is 0 Å². The summed E-state index contributed by atoms with van der Waals surface area (Å²) in [6.45, 7) is 0. The Kier molecular flexibility index (Phi) is 4.34. The second kappa shape index (κ2) is 5.84. The highest BCUT2D eigenvalue weighted by Crippen LogP contribution is 2.26. The largest absolute Gasteiger partial charge is 0.573 e. The first-order valence-corrected chi connectivity index (χ1v) is 6.87. The van der Waals surface area contributed by atoms with E-state index in [0.29, 0.717) is 4.88 Å². The molecule has 3 nitrogen and oxygen atoms in total. The van der Waals surface area contributed by atoms with Gasteiger partial charge in [-0.1, -0.05) is 6.07 Å². The molecule has 0 bridgehead atoms. The molecule has 0 radical (unpaired) electrons. The molecule has 0 aliphatic rings. The number of rotatable bonds is 3. The number of carbonyl (C=O) groups is 1. The van der Waals surface area contributed by atoms with Crippen LogP contribution in [-0.2, 0) is 0 Å². The van der Waals surface area contributed by atoms with Crippen LogP contribution in [0.25, 0.3) is 0 Å². The molecule has 0 saturated carbocycles. The zero-order valence-corrected chi connectivity index (χ0v) is 12.1. The number of ether oxygens (including phenoxy) is 1. The van der Waals surface area contributed by atoms with Gasteiger partial charge in [0.15, 0.2) is 0 Å². The number of thiophene rings is 1. The molecule has 0 unspecified atom stereocenters. The third kappa shape index (κ3) is 4.24. The Morgan fingerprint density at radius 3 is 2.60 bits per heavy atom. The van der Waals surface area contributed by atoms with Crippen molar-refractivity contribution in [3.05, 3.63) is 45.1 Å². The lowest BCUT2D eigenvalue weighted by molar-refractivity contribution is -0.274.